The van der Waals surface area contributed by atoms with Gasteiger partial charge in [-0.3, -0.25) is 4.79 Å². The van der Waals surface area contributed by atoms with Gasteiger partial charge in [-0.1, -0.05) is 0 Å². The van der Waals surface area contributed by atoms with Crippen LogP contribution in [0.4, 0.5) is 5.13 Å². The fraction of sp³-hybridized carbons (Fsp3) is 0.158. The molecule has 6 nitrogen and oxygen atoms in total. The summed E-state index contributed by atoms with van der Waals surface area (Å²) in [5.74, 6) is 1.18. The van der Waals surface area contributed by atoms with E-state index in [1.807, 2.05) is 30.3 Å². The van der Waals surface area contributed by atoms with Crippen molar-refractivity contribution in [3.05, 3.63) is 53.5 Å². The van der Waals surface area contributed by atoms with E-state index in [0.29, 0.717) is 27.9 Å². The Kier molecular flexibility index (Phi) is 6.41. The summed E-state index contributed by atoms with van der Waals surface area (Å²) in [5.41, 5.74) is 2.20. The molecule has 0 saturated carbocycles. The summed E-state index contributed by atoms with van der Waals surface area (Å²) in [6, 6.07) is 13.3. The number of anilines is 1. The summed E-state index contributed by atoms with van der Waals surface area (Å²) in [4.78, 5) is 20.6. The van der Waals surface area contributed by atoms with Crippen LogP contribution in [0.15, 0.2) is 53.0 Å². The van der Waals surface area contributed by atoms with E-state index >= 15 is 0 Å². The predicted octanol–water partition coefficient (Wildman–Crippen LogP) is 4.21. The monoisotopic (exact) mass is 396 g/mol. The van der Waals surface area contributed by atoms with Crippen LogP contribution in [0.5, 0.6) is 5.75 Å². The molecule has 8 heteroatoms. The Balaban J connectivity index is 1.66. The fourth-order valence-corrected chi connectivity index (χ4v) is 3.72. The third-order valence-corrected chi connectivity index (χ3v) is 5.29. The molecule has 3 aromatic rings. The van der Waals surface area contributed by atoms with E-state index in [1.165, 1.54) is 23.1 Å². The molecule has 1 aromatic carbocycles. The van der Waals surface area contributed by atoms with Crippen molar-refractivity contribution in [3.63, 3.8) is 0 Å². The molecule has 0 aliphatic carbocycles. The maximum Gasteiger partial charge on any atom is 0.226 e. The van der Waals surface area contributed by atoms with Crippen molar-refractivity contribution in [1.29, 1.82) is 5.26 Å². The van der Waals surface area contributed by atoms with Gasteiger partial charge in [0.15, 0.2) is 5.13 Å². The van der Waals surface area contributed by atoms with Crippen LogP contribution in [0.3, 0.4) is 0 Å². The topological polar surface area (TPSA) is 87.9 Å². The average molecular weight is 396 g/mol. The van der Waals surface area contributed by atoms with Crippen molar-refractivity contribution < 1.29 is 9.53 Å². The summed E-state index contributed by atoms with van der Waals surface area (Å²) >= 11 is 2.77. The van der Waals surface area contributed by atoms with Gasteiger partial charge in [0.1, 0.15) is 16.8 Å². The maximum atomic E-state index is 11.9. The summed E-state index contributed by atoms with van der Waals surface area (Å²) in [5, 5.41) is 15.1. The second kappa shape index (κ2) is 9.16. The summed E-state index contributed by atoms with van der Waals surface area (Å²) in [6.07, 6.45) is 1.95. The fourth-order valence-electron chi connectivity index (χ4n) is 2.27. The Morgan fingerprint density at radius 1 is 1.30 bits per heavy atom. The SMILES string of the molecule is COc1ccc(-c2ccc(C#N)c(SCCC(=O)Nc3nccs3)n2)cc1. The van der Waals surface area contributed by atoms with Crippen molar-refractivity contribution in [2.75, 3.05) is 18.2 Å². The van der Waals surface area contributed by atoms with E-state index < -0.39 is 0 Å². The third kappa shape index (κ3) is 5.06. The molecule has 0 saturated heterocycles. The van der Waals surface area contributed by atoms with E-state index in [9.17, 15) is 10.1 Å². The Labute approximate surface area is 165 Å². The lowest BCUT2D eigenvalue weighted by Gasteiger charge is -2.07. The number of aromatic nitrogens is 2. The zero-order valence-electron chi connectivity index (χ0n) is 14.5. The highest BCUT2D eigenvalue weighted by Crippen LogP contribution is 2.27. The van der Waals surface area contributed by atoms with Crippen molar-refractivity contribution in [1.82, 2.24) is 9.97 Å². The highest BCUT2D eigenvalue weighted by atomic mass is 32.2. The Morgan fingerprint density at radius 3 is 2.78 bits per heavy atom. The van der Waals surface area contributed by atoms with Gasteiger partial charge in [0.05, 0.1) is 18.4 Å². The number of thioether (sulfide) groups is 1. The number of methoxy groups -OCH3 is 1. The summed E-state index contributed by atoms with van der Waals surface area (Å²) < 4.78 is 5.17. The number of pyridine rings is 1. The van der Waals surface area contributed by atoms with Crippen LogP contribution >= 0.6 is 23.1 Å². The quantitative estimate of drug-likeness (QED) is 0.602. The molecule has 3 rings (SSSR count). The number of carbonyl (C=O) groups excluding carboxylic acids is 1. The standard InChI is InChI=1S/C19H16N4O2S2/c1-25-15-5-2-13(3-6-15)16-7-4-14(12-20)18(22-16)26-10-8-17(24)23-19-21-9-11-27-19/h2-7,9,11H,8,10H2,1H3,(H,21,23,24). The molecule has 0 bridgehead atoms. The zero-order valence-corrected chi connectivity index (χ0v) is 16.1. The van der Waals surface area contributed by atoms with Gasteiger partial charge in [-0.05, 0) is 36.4 Å². The van der Waals surface area contributed by atoms with Crippen molar-refractivity contribution >= 4 is 34.1 Å². The lowest BCUT2D eigenvalue weighted by Crippen LogP contribution is -2.11. The first-order valence-electron chi connectivity index (χ1n) is 8.07. The zero-order chi connectivity index (χ0) is 19.1. The molecular weight excluding hydrogens is 380 g/mol. The van der Waals surface area contributed by atoms with E-state index in [-0.39, 0.29) is 5.91 Å². The maximum absolute atomic E-state index is 11.9. The molecule has 1 N–H and O–H groups in total. The van der Waals surface area contributed by atoms with Crippen molar-refractivity contribution in [3.8, 4) is 23.1 Å². The van der Waals surface area contributed by atoms with Gasteiger partial charge in [-0.2, -0.15) is 5.26 Å². The lowest BCUT2D eigenvalue weighted by atomic mass is 10.1. The number of ether oxygens (including phenoxy) is 1. The molecule has 1 amide bonds. The number of nitrogens with one attached hydrogen (secondary N) is 1. The number of hydrogen-bond donors (Lipinski definition) is 1. The second-order valence-corrected chi connectivity index (χ2v) is 7.35. The summed E-state index contributed by atoms with van der Waals surface area (Å²) in [7, 11) is 1.62. The van der Waals surface area contributed by atoms with Gasteiger partial charge < -0.3 is 10.1 Å². The van der Waals surface area contributed by atoms with E-state index in [1.54, 1.807) is 24.8 Å². The molecule has 2 aromatic heterocycles. The largest absolute Gasteiger partial charge is 0.497 e. The number of rotatable bonds is 7. The van der Waals surface area contributed by atoms with Crippen LogP contribution < -0.4 is 10.1 Å². The molecule has 0 atom stereocenters. The van der Waals surface area contributed by atoms with Gasteiger partial charge in [0.2, 0.25) is 5.91 Å². The third-order valence-electron chi connectivity index (χ3n) is 3.61. The van der Waals surface area contributed by atoms with Gasteiger partial charge in [-0.25, -0.2) is 9.97 Å². The average Bonchev–Trinajstić information content (AvgIpc) is 3.21. The number of benzene rings is 1. The Bertz CT molecular complexity index is 951. The van der Waals surface area contributed by atoms with Crippen LogP contribution in [-0.4, -0.2) is 28.7 Å². The minimum absolute atomic E-state index is 0.109. The minimum Gasteiger partial charge on any atom is -0.497 e. The van der Waals surface area contributed by atoms with Crippen LogP contribution in [0, 0.1) is 11.3 Å². The molecular formula is C19H16N4O2S2. The number of carbonyl (C=O) groups is 1. The molecule has 27 heavy (non-hydrogen) atoms. The van der Waals surface area contributed by atoms with E-state index in [0.717, 1.165) is 17.0 Å². The van der Waals surface area contributed by atoms with Gasteiger partial charge in [0, 0.05) is 29.3 Å². The number of thiazole rings is 1. The molecule has 0 radical (unpaired) electrons. The van der Waals surface area contributed by atoms with Crippen LogP contribution in [0.25, 0.3) is 11.3 Å². The van der Waals surface area contributed by atoms with E-state index in [4.69, 9.17) is 4.74 Å². The highest BCUT2D eigenvalue weighted by Gasteiger charge is 2.10. The number of nitrogens with zero attached hydrogens (tertiary/aromatic N) is 3. The lowest BCUT2D eigenvalue weighted by molar-refractivity contribution is -0.115. The second-order valence-electron chi connectivity index (χ2n) is 5.37. The van der Waals surface area contributed by atoms with Crippen LogP contribution in [0.1, 0.15) is 12.0 Å². The molecule has 0 aliphatic heterocycles. The molecule has 0 aliphatic rings. The van der Waals surface area contributed by atoms with Crippen molar-refractivity contribution in [2.24, 2.45) is 0 Å². The van der Waals surface area contributed by atoms with Gasteiger partial charge >= 0.3 is 0 Å². The smallest absolute Gasteiger partial charge is 0.226 e. The van der Waals surface area contributed by atoms with Crippen LogP contribution in [0.2, 0.25) is 0 Å². The first kappa shape index (κ1) is 18.9. The Morgan fingerprint density at radius 2 is 2.11 bits per heavy atom. The van der Waals surface area contributed by atoms with E-state index in [2.05, 4.69) is 21.4 Å². The minimum atomic E-state index is -0.109. The summed E-state index contributed by atoms with van der Waals surface area (Å²) in [6.45, 7) is 0. The molecule has 2 heterocycles. The molecule has 0 spiro atoms. The highest BCUT2D eigenvalue weighted by molar-refractivity contribution is 7.99. The molecule has 0 fully saturated rings. The predicted molar refractivity (Wildman–Crippen MR) is 107 cm³/mol. The number of hydrogen-bond acceptors (Lipinski definition) is 7. The van der Waals surface area contributed by atoms with Gasteiger partial charge in [-0.15, -0.1) is 23.1 Å². The first-order chi connectivity index (χ1) is 13.2. The van der Waals surface area contributed by atoms with Gasteiger partial charge in [0.25, 0.3) is 0 Å². The number of nitriles is 1. The number of amides is 1. The van der Waals surface area contributed by atoms with Crippen LogP contribution in [-0.2, 0) is 4.79 Å². The molecule has 136 valence electrons. The van der Waals surface area contributed by atoms with Crippen molar-refractivity contribution in [2.45, 2.75) is 11.4 Å². The Hall–Kier alpha value is -2.89. The molecule has 0 unspecified atom stereocenters. The first-order valence-corrected chi connectivity index (χ1v) is 9.94. The normalized spacial score (nSPS) is 10.2.